The third-order valence-electron chi connectivity index (χ3n) is 2.14. The van der Waals surface area contributed by atoms with Gasteiger partial charge >= 0.3 is 0 Å². The van der Waals surface area contributed by atoms with Crippen molar-refractivity contribution in [2.24, 2.45) is 0 Å². The lowest BCUT2D eigenvalue weighted by molar-refractivity contribution is 0.102. The van der Waals surface area contributed by atoms with E-state index in [2.05, 4.69) is 26.4 Å². The van der Waals surface area contributed by atoms with Crippen molar-refractivity contribution < 1.29 is 9.32 Å². The molecule has 6 heteroatoms. The Morgan fingerprint density at radius 1 is 1.53 bits per heavy atom. The van der Waals surface area contributed by atoms with Gasteiger partial charge in [0.2, 0.25) is 0 Å². The van der Waals surface area contributed by atoms with Crippen LogP contribution in [-0.2, 0) is 0 Å². The molecule has 2 rings (SSSR count). The van der Waals surface area contributed by atoms with Crippen molar-refractivity contribution in [3.63, 3.8) is 0 Å². The molecule has 5 nitrogen and oxygen atoms in total. The third-order valence-corrected chi connectivity index (χ3v) is 3.03. The molecule has 0 unspecified atom stereocenters. The number of anilines is 2. The van der Waals surface area contributed by atoms with E-state index in [1.54, 1.807) is 31.2 Å². The Labute approximate surface area is 106 Å². The van der Waals surface area contributed by atoms with Crippen molar-refractivity contribution in [2.75, 3.05) is 11.1 Å². The van der Waals surface area contributed by atoms with Gasteiger partial charge in [-0.3, -0.25) is 4.79 Å². The topological polar surface area (TPSA) is 81.2 Å². The van der Waals surface area contributed by atoms with Crippen molar-refractivity contribution in [2.45, 2.75) is 6.92 Å². The molecule has 1 heterocycles. The van der Waals surface area contributed by atoms with E-state index in [1.165, 1.54) is 0 Å². The molecule has 0 fully saturated rings. The number of aryl methyl sites for hydroxylation is 1. The molecule has 0 saturated carbocycles. The van der Waals surface area contributed by atoms with Gasteiger partial charge in [-0.1, -0.05) is 11.2 Å². The molecule has 1 aromatic carbocycles. The highest BCUT2D eigenvalue weighted by molar-refractivity contribution is 9.10. The van der Waals surface area contributed by atoms with E-state index in [0.29, 0.717) is 27.3 Å². The van der Waals surface area contributed by atoms with Gasteiger partial charge in [-0.15, -0.1) is 0 Å². The maximum atomic E-state index is 11.9. The Kier molecular flexibility index (Phi) is 3.14. The number of carbonyl (C=O) groups is 1. The average Bonchev–Trinajstić information content (AvgIpc) is 2.68. The van der Waals surface area contributed by atoms with Crippen molar-refractivity contribution in [3.8, 4) is 0 Å². The summed E-state index contributed by atoms with van der Waals surface area (Å²) in [6, 6.07) is 6.73. The van der Waals surface area contributed by atoms with Gasteiger partial charge in [0.1, 0.15) is 5.76 Å². The Morgan fingerprint density at radius 2 is 2.29 bits per heavy atom. The van der Waals surface area contributed by atoms with Crippen LogP contribution in [0.25, 0.3) is 0 Å². The van der Waals surface area contributed by atoms with Crippen molar-refractivity contribution in [1.82, 2.24) is 5.16 Å². The van der Waals surface area contributed by atoms with E-state index in [4.69, 9.17) is 10.3 Å². The van der Waals surface area contributed by atoms with Gasteiger partial charge in [0.05, 0.1) is 10.0 Å². The fraction of sp³-hybridized carbons (Fsp3) is 0.0909. The summed E-state index contributed by atoms with van der Waals surface area (Å²) >= 11 is 3.27. The number of nitrogens with one attached hydrogen (secondary N) is 1. The normalized spacial score (nSPS) is 10.2. The highest BCUT2D eigenvalue weighted by Crippen LogP contribution is 2.24. The number of halogens is 1. The lowest BCUT2D eigenvalue weighted by Crippen LogP contribution is -2.13. The summed E-state index contributed by atoms with van der Waals surface area (Å²) in [6.07, 6.45) is 0. The zero-order chi connectivity index (χ0) is 12.4. The SMILES string of the molecule is Cc1cc(NC(=O)c2cccc(N)c2Br)no1. The molecule has 0 bridgehead atoms. The average molecular weight is 296 g/mol. The molecular formula is C11H10BrN3O2. The summed E-state index contributed by atoms with van der Waals surface area (Å²) < 4.78 is 5.42. The first-order valence-electron chi connectivity index (χ1n) is 4.86. The molecule has 1 aromatic heterocycles. The number of nitrogen functional groups attached to an aromatic ring is 1. The van der Waals surface area contributed by atoms with E-state index < -0.39 is 0 Å². The molecule has 0 saturated heterocycles. The van der Waals surface area contributed by atoms with Crippen molar-refractivity contribution >= 4 is 33.3 Å². The maximum Gasteiger partial charge on any atom is 0.258 e. The lowest BCUT2D eigenvalue weighted by Gasteiger charge is -2.05. The first-order valence-corrected chi connectivity index (χ1v) is 5.66. The molecule has 0 aliphatic carbocycles. The number of rotatable bonds is 2. The number of hydrogen-bond donors (Lipinski definition) is 2. The van der Waals surface area contributed by atoms with Crippen LogP contribution in [0, 0.1) is 6.92 Å². The second kappa shape index (κ2) is 4.58. The van der Waals surface area contributed by atoms with Crippen molar-refractivity contribution in [1.29, 1.82) is 0 Å². The summed E-state index contributed by atoms with van der Waals surface area (Å²) in [5.41, 5.74) is 6.65. The summed E-state index contributed by atoms with van der Waals surface area (Å²) in [6.45, 7) is 1.75. The van der Waals surface area contributed by atoms with Crippen LogP contribution in [0.5, 0.6) is 0 Å². The summed E-state index contributed by atoms with van der Waals surface area (Å²) in [4.78, 5) is 11.9. The first-order chi connectivity index (χ1) is 8.08. The molecule has 1 amide bonds. The predicted octanol–water partition coefficient (Wildman–Crippen LogP) is 2.58. The maximum absolute atomic E-state index is 11.9. The van der Waals surface area contributed by atoms with Crippen LogP contribution in [0.15, 0.2) is 33.3 Å². The fourth-order valence-electron chi connectivity index (χ4n) is 1.33. The largest absolute Gasteiger partial charge is 0.398 e. The standard InChI is InChI=1S/C11H10BrN3O2/c1-6-5-9(15-17-6)14-11(16)7-3-2-4-8(13)10(7)12/h2-5H,13H2,1H3,(H,14,15,16). The highest BCUT2D eigenvalue weighted by atomic mass is 79.9. The van der Waals surface area contributed by atoms with Gasteiger partial charge in [-0.05, 0) is 35.0 Å². The number of nitrogens with zero attached hydrogens (tertiary/aromatic N) is 1. The molecule has 0 atom stereocenters. The Morgan fingerprint density at radius 3 is 2.94 bits per heavy atom. The van der Waals surface area contributed by atoms with E-state index in [9.17, 15) is 4.79 Å². The molecule has 0 radical (unpaired) electrons. The molecule has 88 valence electrons. The van der Waals surface area contributed by atoms with Gasteiger partial charge in [0.15, 0.2) is 5.82 Å². The molecule has 2 aromatic rings. The molecule has 17 heavy (non-hydrogen) atoms. The van der Waals surface area contributed by atoms with Crippen LogP contribution in [0.3, 0.4) is 0 Å². The quantitative estimate of drug-likeness (QED) is 0.835. The zero-order valence-electron chi connectivity index (χ0n) is 9.03. The number of hydrogen-bond acceptors (Lipinski definition) is 4. The first kappa shape index (κ1) is 11.7. The third kappa shape index (κ3) is 2.47. The van der Waals surface area contributed by atoms with Crippen LogP contribution in [-0.4, -0.2) is 11.1 Å². The van der Waals surface area contributed by atoms with Gasteiger partial charge in [-0.2, -0.15) is 0 Å². The predicted molar refractivity (Wildman–Crippen MR) is 67.7 cm³/mol. The molecular weight excluding hydrogens is 286 g/mol. The van der Waals surface area contributed by atoms with E-state index >= 15 is 0 Å². The van der Waals surface area contributed by atoms with Crippen LogP contribution in [0.4, 0.5) is 11.5 Å². The Hall–Kier alpha value is -1.82. The Balaban J connectivity index is 2.23. The smallest absolute Gasteiger partial charge is 0.258 e. The second-order valence-electron chi connectivity index (χ2n) is 3.49. The van der Waals surface area contributed by atoms with Crippen LogP contribution < -0.4 is 11.1 Å². The number of nitrogens with two attached hydrogens (primary N) is 1. The lowest BCUT2D eigenvalue weighted by atomic mass is 10.2. The van der Waals surface area contributed by atoms with Crippen LogP contribution >= 0.6 is 15.9 Å². The summed E-state index contributed by atoms with van der Waals surface area (Å²) in [7, 11) is 0. The van der Waals surface area contributed by atoms with Gasteiger partial charge in [-0.25, -0.2) is 0 Å². The molecule has 0 aliphatic heterocycles. The van der Waals surface area contributed by atoms with E-state index in [0.717, 1.165) is 0 Å². The Bertz CT molecular complexity index is 566. The minimum atomic E-state index is -0.294. The van der Waals surface area contributed by atoms with Gasteiger partial charge in [0, 0.05) is 11.8 Å². The summed E-state index contributed by atoms with van der Waals surface area (Å²) in [5.74, 6) is 0.714. The number of amides is 1. The molecule has 3 N–H and O–H groups in total. The second-order valence-corrected chi connectivity index (χ2v) is 4.28. The van der Waals surface area contributed by atoms with Crippen LogP contribution in [0.1, 0.15) is 16.1 Å². The zero-order valence-corrected chi connectivity index (χ0v) is 10.6. The minimum absolute atomic E-state index is 0.294. The highest BCUT2D eigenvalue weighted by Gasteiger charge is 2.13. The fourth-order valence-corrected chi connectivity index (χ4v) is 1.78. The molecule has 0 spiro atoms. The van der Waals surface area contributed by atoms with Crippen molar-refractivity contribution in [3.05, 3.63) is 40.1 Å². The molecule has 0 aliphatic rings. The van der Waals surface area contributed by atoms with Crippen LogP contribution in [0.2, 0.25) is 0 Å². The number of aromatic nitrogens is 1. The monoisotopic (exact) mass is 295 g/mol. The van der Waals surface area contributed by atoms with E-state index in [-0.39, 0.29) is 5.91 Å². The van der Waals surface area contributed by atoms with Gasteiger partial charge in [0.25, 0.3) is 5.91 Å². The number of benzene rings is 1. The number of carbonyl (C=O) groups excluding carboxylic acids is 1. The minimum Gasteiger partial charge on any atom is -0.398 e. The van der Waals surface area contributed by atoms with E-state index in [1.807, 2.05) is 0 Å². The summed E-state index contributed by atoms with van der Waals surface area (Å²) in [5, 5.41) is 6.30. The van der Waals surface area contributed by atoms with Gasteiger partial charge < -0.3 is 15.6 Å².